The summed E-state index contributed by atoms with van der Waals surface area (Å²) >= 11 is 0. The maximum Gasteiger partial charge on any atom is 0.314 e. The summed E-state index contributed by atoms with van der Waals surface area (Å²) in [6.45, 7) is 0. The van der Waals surface area contributed by atoms with Gasteiger partial charge in [0, 0.05) is 5.56 Å². The Balaban J connectivity index is 2.52. The van der Waals surface area contributed by atoms with Gasteiger partial charge in [0.2, 0.25) is 0 Å². The summed E-state index contributed by atoms with van der Waals surface area (Å²) in [6.07, 6.45) is 0. The lowest BCUT2D eigenvalue weighted by Gasteiger charge is -2.21. The molecule has 0 radical (unpaired) electrons. The predicted octanol–water partition coefficient (Wildman–Crippen LogP) is 2.96. The van der Waals surface area contributed by atoms with Gasteiger partial charge in [0.05, 0.1) is 19.1 Å². The number of esters is 1. The molecule has 0 unspecified atom stereocenters. The second-order valence-corrected chi connectivity index (χ2v) is 4.58. The average Bonchev–Trinajstić information content (AvgIpc) is 2.53. The van der Waals surface area contributed by atoms with Gasteiger partial charge in [0.25, 0.3) is 0 Å². The molecule has 0 aliphatic heterocycles. The van der Waals surface area contributed by atoms with Crippen LogP contribution in [0.3, 0.4) is 0 Å². The van der Waals surface area contributed by atoms with Crippen molar-refractivity contribution in [3.63, 3.8) is 0 Å². The molecule has 0 spiro atoms. The fourth-order valence-corrected chi connectivity index (χ4v) is 2.33. The summed E-state index contributed by atoms with van der Waals surface area (Å²) in [6, 6.07) is 17.6. The van der Waals surface area contributed by atoms with Crippen LogP contribution in [-0.4, -0.2) is 18.2 Å². The Morgan fingerprint density at radius 3 is 2.33 bits per heavy atom. The van der Waals surface area contributed by atoms with Crippen LogP contribution in [0.15, 0.2) is 54.6 Å². The van der Waals surface area contributed by atoms with Crippen LogP contribution >= 0.6 is 0 Å². The number of rotatable bonds is 4. The van der Waals surface area contributed by atoms with Crippen molar-refractivity contribution >= 4 is 5.97 Å². The number of nitriles is 1. The van der Waals surface area contributed by atoms with E-state index in [4.69, 9.17) is 4.74 Å². The largest absolute Gasteiger partial charge is 0.508 e. The second kappa shape index (κ2) is 6.58. The lowest BCUT2D eigenvalue weighted by atomic mass is 9.82. The van der Waals surface area contributed by atoms with E-state index in [0.717, 1.165) is 0 Å². The zero-order chi connectivity index (χ0) is 15.2. The molecule has 4 nitrogen and oxygen atoms in total. The lowest BCUT2D eigenvalue weighted by Crippen LogP contribution is -2.21. The van der Waals surface area contributed by atoms with Gasteiger partial charge in [-0.05, 0) is 11.6 Å². The first kappa shape index (κ1) is 14.6. The number of phenolic OH excluding ortho intramolecular Hbond substituents is 1. The van der Waals surface area contributed by atoms with E-state index < -0.39 is 17.8 Å². The lowest BCUT2D eigenvalue weighted by molar-refractivity contribution is -0.142. The van der Waals surface area contributed by atoms with Crippen molar-refractivity contribution in [3.05, 3.63) is 65.7 Å². The topological polar surface area (TPSA) is 70.3 Å². The Kier molecular flexibility index (Phi) is 4.57. The van der Waals surface area contributed by atoms with Crippen LogP contribution in [0.2, 0.25) is 0 Å². The van der Waals surface area contributed by atoms with Gasteiger partial charge in [0.1, 0.15) is 11.7 Å². The van der Waals surface area contributed by atoms with E-state index in [1.54, 1.807) is 42.5 Å². The molecule has 0 saturated heterocycles. The minimum atomic E-state index is -0.818. The highest BCUT2D eigenvalue weighted by Crippen LogP contribution is 2.37. The molecule has 0 bridgehead atoms. The standard InChI is InChI=1S/C17H15NO3/c1-21-17(20)16(12-7-3-2-4-8-12)14(11-18)13-9-5-6-10-15(13)19/h2-10,14,16,19H,1H3/t14-,16+/m0/s1. The third-order valence-corrected chi connectivity index (χ3v) is 3.36. The molecule has 2 atom stereocenters. The maximum atomic E-state index is 12.1. The fraction of sp³-hybridized carbons (Fsp3) is 0.176. The van der Waals surface area contributed by atoms with Gasteiger partial charge in [-0.3, -0.25) is 4.79 Å². The molecule has 0 aromatic heterocycles. The smallest absolute Gasteiger partial charge is 0.314 e. The van der Waals surface area contributed by atoms with Gasteiger partial charge in [-0.15, -0.1) is 0 Å². The number of carbonyl (C=O) groups is 1. The first-order valence-corrected chi connectivity index (χ1v) is 6.49. The fourth-order valence-electron chi connectivity index (χ4n) is 2.33. The summed E-state index contributed by atoms with van der Waals surface area (Å²) in [5.41, 5.74) is 1.10. The van der Waals surface area contributed by atoms with Gasteiger partial charge >= 0.3 is 5.97 Å². The van der Waals surface area contributed by atoms with E-state index in [1.165, 1.54) is 13.2 Å². The van der Waals surface area contributed by atoms with Gasteiger partial charge in [-0.1, -0.05) is 48.5 Å². The summed E-state index contributed by atoms with van der Waals surface area (Å²) in [4.78, 5) is 12.1. The number of carbonyl (C=O) groups excluding carboxylic acids is 1. The number of hydrogen-bond acceptors (Lipinski definition) is 4. The van der Waals surface area contributed by atoms with Crippen molar-refractivity contribution in [1.29, 1.82) is 5.26 Å². The highest BCUT2D eigenvalue weighted by molar-refractivity contribution is 5.80. The highest BCUT2D eigenvalue weighted by Gasteiger charge is 2.33. The first-order valence-electron chi connectivity index (χ1n) is 6.49. The van der Waals surface area contributed by atoms with E-state index in [9.17, 15) is 15.2 Å². The van der Waals surface area contributed by atoms with Crippen LogP contribution < -0.4 is 0 Å². The average molecular weight is 281 g/mol. The molecule has 21 heavy (non-hydrogen) atoms. The molecule has 0 fully saturated rings. The molecule has 4 heteroatoms. The minimum absolute atomic E-state index is 0.00566. The van der Waals surface area contributed by atoms with Crippen LogP contribution in [0, 0.1) is 11.3 Å². The number of ether oxygens (including phenoxy) is 1. The van der Waals surface area contributed by atoms with Crippen LogP contribution in [-0.2, 0) is 9.53 Å². The first-order chi connectivity index (χ1) is 10.2. The molecule has 0 aliphatic carbocycles. The van der Waals surface area contributed by atoms with Crippen molar-refractivity contribution in [2.24, 2.45) is 0 Å². The number of benzene rings is 2. The quantitative estimate of drug-likeness (QED) is 0.875. The summed E-state index contributed by atoms with van der Waals surface area (Å²) in [5.74, 6) is -2.11. The third-order valence-electron chi connectivity index (χ3n) is 3.36. The number of para-hydroxylation sites is 1. The summed E-state index contributed by atoms with van der Waals surface area (Å²) < 4.78 is 4.84. The Labute approximate surface area is 123 Å². The van der Waals surface area contributed by atoms with Crippen LogP contribution in [0.4, 0.5) is 0 Å². The normalized spacial score (nSPS) is 13.0. The van der Waals surface area contributed by atoms with Gasteiger partial charge < -0.3 is 9.84 Å². The molecule has 2 aromatic carbocycles. The monoisotopic (exact) mass is 281 g/mol. The maximum absolute atomic E-state index is 12.1. The molecule has 1 N–H and O–H groups in total. The summed E-state index contributed by atoms with van der Waals surface area (Å²) in [7, 11) is 1.29. The van der Waals surface area contributed by atoms with Crippen molar-refractivity contribution in [1.82, 2.24) is 0 Å². The van der Waals surface area contributed by atoms with E-state index in [0.29, 0.717) is 11.1 Å². The minimum Gasteiger partial charge on any atom is -0.508 e. The second-order valence-electron chi connectivity index (χ2n) is 4.58. The molecule has 0 aliphatic rings. The predicted molar refractivity (Wildman–Crippen MR) is 77.7 cm³/mol. The van der Waals surface area contributed by atoms with Crippen LogP contribution in [0.1, 0.15) is 23.0 Å². The van der Waals surface area contributed by atoms with Crippen LogP contribution in [0.25, 0.3) is 0 Å². The molecular weight excluding hydrogens is 266 g/mol. The third kappa shape index (κ3) is 3.03. The van der Waals surface area contributed by atoms with E-state index in [-0.39, 0.29) is 5.75 Å². The molecule has 0 heterocycles. The van der Waals surface area contributed by atoms with E-state index in [2.05, 4.69) is 6.07 Å². The van der Waals surface area contributed by atoms with Gasteiger partial charge in [-0.25, -0.2) is 0 Å². The number of aromatic hydroxyl groups is 1. The number of hydrogen-bond donors (Lipinski definition) is 1. The molecule has 2 rings (SSSR count). The molecule has 2 aromatic rings. The summed E-state index contributed by atoms with van der Waals surface area (Å²) in [5, 5.41) is 19.5. The number of nitrogens with zero attached hydrogens (tertiary/aromatic N) is 1. The zero-order valence-electron chi connectivity index (χ0n) is 11.6. The highest BCUT2D eigenvalue weighted by atomic mass is 16.5. The van der Waals surface area contributed by atoms with Gasteiger partial charge in [-0.2, -0.15) is 5.26 Å². The Morgan fingerprint density at radius 2 is 1.76 bits per heavy atom. The Hall–Kier alpha value is -2.80. The van der Waals surface area contributed by atoms with Crippen molar-refractivity contribution in [2.75, 3.05) is 7.11 Å². The number of phenols is 1. The van der Waals surface area contributed by atoms with Crippen molar-refractivity contribution < 1.29 is 14.6 Å². The van der Waals surface area contributed by atoms with E-state index >= 15 is 0 Å². The van der Waals surface area contributed by atoms with Gasteiger partial charge in [0.15, 0.2) is 0 Å². The van der Waals surface area contributed by atoms with E-state index in [1.807, 2.05) is 6.07 Å². The molecule has 106 valence electrons. The van der Waals surface area contributed by atoms with Crippen molar-refractivity contribution in [3.8, 4) is 11.8 Å². The van der Waals surface area contributed by atoms with Crippen molar-refractivity contribution in [2.45, 2.75) is 11.8 Å². The molecule has 0 amide bonds. The molecule has 0 saturated carbocycles. The Morgan fingerprint density at radius 1 is 1.14 bits per heavy atom. The molecular formula is C17H15NO3. The SMILES string of the molecule is COC(=O)[C@H](c1ccccc1)[C@@H](C#N)c1ccccc1O. The Bertz CT molecular complexity index is 661. The zero-order valence-corrected chi connectivity index (χ0v) is 11.6. The number of methoxy groups -OCH3 is 1. The van der Waals surface area contributed by atoms with Crippen LogP contribution in [0.5, 0.6) is 5.75 Å².